The minimum absolute atomic E-state index is 0.110. The summed E-state index contributed by atoms with van der Waals surface area (Å²) in [6, 6.07) is 1.87. The summed E-state index contributed by atoms with van der Waals surface area (Å²) in [5, 5.41) is 6.30. The van der Waals surface area contributed by atoms with Crippen molar-refractivity contribution >= 4 is 11.6 Å². The van der Waals surface area contributed by atoms with Gasteiger partial charge in [-0.15, -0.1) is 0 Å². The quantitative estimate of drug-likeness (QED) is 0.881. The van der Waals surface area contributed by atoms with Crippen LogP contribution in [0, 0.1) is 0 Å². The van der Waals surface area contributed by atoms with Gasteiger partial charge in [-0.05, 0) is 0 Å². The van der Waals surface area contributed by atoms with Crippen LogP contribution >= 0.6 is 0 Å². The number of hydrogen-bond donors (Lipinski definition) is 2. The minimum Gasteiger partial charge on any atom is -0.444 e. The van der Waals surface area contributed by atoms with Gasteiger partial charge in [-0.2, -0.15) is 0 Å². The molecule has 0 saturated carbocycles. The second kappa shape index (κ2) is 6.11. The molecule has 0 amide bonds. The lowest BCUT2D eigenvalue weighted by Gasteiger charge is -2.18. The Labute approximate surface area is 125 Å². The van der Waals surface area contributed by atoms with Crippen molar-refractivity contribution in [2.24, 2.45) is 0 Å². The van der Waals surface area contributed by atoms with Crippen LogP contribution in [-0.4, -0.2) is 22.0 Å². The third kappa shape index (κ3) is 3.93. The van der Waals surface area contributed by atoms with Gasteiger partial charge < -0.3 is 15.1 Å². The van der Waals surface area contributed by atoms with Crippen LogP contribution in [0.25, 0.3) is 0 Å². The van der Waals surface area contributed by atoms with Crippen molar-refractivity contribution in [1.29, 1.82) is 0 Å². The van der Waals surface area contributed by atoms with Gasteiger partial charge in [0.1, 0.15) is 23.2 Å². The number of nitrogens with one attached hydrogen (secondary N) is 2. The fourth-order valence-electron chi connectivity index (χ4n) is 1.76. The Balaban J connectivity index is 2.15. The van der Waals surface area contributed by atoms with E-state index in [-0.39, 0.29) is 5.41 Å². The molecule has 0 spiro atoms. The van der Waals surface area contributed by atoms with E-state index in [0.29, 0.717) is 12.4 Å². The average molecular weight is 289 g/mol. The summed E-state index contributed by atoms with van der Waals surface area (Å²) in [7, 11) is 1.85. The SMILES string of the molecule is CCc1cnc(CNc2cc(NC)nc(C(C)(C)C)n2)o1. The molecular formula is C15H23N5O. The third-order valence-electron chi connectivity index (χ3n) is 3.02. The van der Waals surface area contributed by atoms with Gasteiger partial charge in [0.25, 0.3) is 0 Å². The fourth-order valence-corrected chi connectivity index (χ4v) is 1.76. The molecule has 0 radical (unpaired) electrons. The first kappa shape index (κ1) is 15.3. The number of aryl methyl sites for hydroxylation is 1. The Bertz CT molecular complexity index is 600. The highest BCUT2D eigenvalue weighted by Crippen LogP contribution is 2.22. The number of oxazole rings is 1. The maximum absolute atomic E-state index is 5.58. The zero-order valence-corrected chi connectivity index (χ0v) is 13.3. The largest absolute Gasteiger partial charge is 0.444 e. The number of nitrogens with zero attached hydrogens (tertiary/aromatic N) is 3. The smallest absolute Gasteiger partial charge is 0.213 e. The molecule has 0 aliphatic rings. The zero-order valence-electron chi connectivity index (χ0n) is 13.3. The molecule has 2 rings (SSSR count). The Morgan fingerprint density at radius 2 is 1.90 bits per heavy atom. The molecule has 0 aliphatic heterocycles. The molecule has 6 heteroatoms. The molecule has 0 aromatic carbocycles. The molecule has 0 bridgehead atoms. The lowest BCUT2D eigenvalue weighted by atomic mass is 9.96. The summed E-state index contributed by atoms with van der Waals surface area (Å²) in [4.78, 5) is 13.3. The van der Waals surface area contributed by atoms with Crippen LogP contribution in [0.3, 0.4) is 0 Å². The predicted molar refractivity (Wildman–Crippen MR) is 83.5 cm³/mol. The van der Waals surface area contributed by atoms with Crippen LogP contribution in [-0.2, 0) is 18.4 Å². The highest BCUT2D eigenvalue weighted by atomic mass is 16.4. The summed E-state index contributed by atoms with van der Waals surface area (Å²) < 4.78 is 5.58. The third-order valence-corrected chi connectivity index (χ3v) is 3.02. The molecule has 21 heavy (non-hydrogen) atoms. The minimum atomic E-state index is -0.110. The summed E-state index contributed by atoms with van der Waals surface area (Å²) in [6.45, 7) is 8.81. The predicted octanol–water partition coefficient (Wildman–Crippen LogP) is 2.98. The van der Waals surface area contributed by atoms with E-state index in [1.54, 1.807) is 6.20 Å². The van der Waals surface area contributed by atoms with Crippen molar-refractivity contribution in [2.45, 2.75) is 46.1 Å². The maximum Gasteiger partial charge on any atom is 0.213 e. The molecule has 0 fully saturated rings. The topological polar surface area (TPSA) is 75.9 Å². The summed E-state index contributed by atoms with van der Waals surface area (Å²) in [5.41, 5.74) is -0.110. The number of rotatable bonds is 5. The summed E-state index contributed by atoms with van der Waals surface area (Å²) >= 11 is 0. The van der Waals surface area contributed by atoms with Crippen LogP contribution in [0.1, 0.15) is 45.2 Å². The lowest BCUT2D eigenvalue weighted by Crippen LogP contribution is -2.18. The molecule has 114 valence electrons. The van der Waals surface area contributed by atoms with Crippen molar-refractivity contribution < 1.29 is 4.42 Å². The van der Waals surface area contributed by atoms with E-state index in [0.717, 1.165) is 29.6 Å². The summed E-state index contributed by atoms with van der Waals surface area (Å²) in [5.74, 6) is 3.89. The van der Waals surface area contributed by atoms with E-state index in [1.165, 1.54) is 0 Å². The summed E-state index contributed by atoms with van der Waals surface area (Å²) in [6.07, 6.45) is 2.61. The van der Waals surface area contributed by atoms with Crippen LogP contribution in [0.2, 0.25) is 0 Å². The molecule has 6 nitrogen and oxygen atoms in total. The van der Waals surface area contributed by atoms with Crippen LogP contribution in [0.4, 0.5) is 11.6 Å². The van der Waals surface area contributed by atoms with Gasteiger partial charge in [-0.25, -0.2) is 15.0 Å². The highest BCUT2D eigenvalue weighted by molar-refractivity contribution is 5.47. The van der Waals surface area contributed by atoms with Gasteiger partial charge in [-0.1, -0.05) is 27.7 Å². The molecule has 0 unspecified atom stereocenters. The van der Waals surface area contributed by atoms with Gasteiger partial charge in [-0.3, -0.25) is 0 Å². The normalized spacial score (nSPS) is 11.5. The number of hydrogen-bond acceptors (Lipinski definition) is 6. The van der Waals surface area contributed by atoms with Gasteiger partial charge in [0.05, 0.1) is 12.7 Å². The molecule has 2 N–H and O–H groups in total. The van der Waals surface area contributed by atoms with E-state index in [2.05, 4.69) is 46.4 Å². The first-order valence-electron chi connectivity index (χ1n) is 7.17. The molecule has 0 aliphatic carbocycles. The van der Waals surface area contributed by atoms with Crippen molar-refractivity contribution in [1.82, 2.24) is 15.0 Å². The monoisotopic (exact) mass is 289 g/mol. The van der Waals surface area contributed by atoms with Crippen LogP contribution in [0.5, 0.6) is 0 Å². The second-order valence-electron chi connectivity index (χ2n) is 5.89. The van der Waals surface area contributed by atoms with E-state index < -0.39 is 0 Å². The maximum atomic E-state index is 5.58. The van der Waals surface area contributed by atoms with Crippen LogP contribution < -0.4 is 10.6 Å². The molecule has 2 aromatic rings. The first-order valence-corrected chi connectivity index (χ1v) is 7.17. The number of anilines is 2. The molecule has 0 atom stereocenters. The molecular weight excluding hydrogens is 266 g/mol. The Kier molecular flexibility index (Phi) is 4.45. The van der Waals surface area contributed by atoms with E-state index in [9.17, 15) is 0 Å². The average Bonchev–Trinajstić information content (AvgIpc) is 2.92. The van der Waals surface area contributed by atoms with Crippen molar-refractivity contribution in [3.05, 3.63) is 29.7 Å². The van der Waals surface area contributed by atoms with Gasteiger partial charge in [0.15, 0.2) is 0 Å². The Morgan fingerprint density at radius 1 is 1.19 bits per heavy atom. The van der Waals surface area contributed by atoms with Crippen molar-refractivity contribution in [3.8, 4) is 0 Å². The van der Waals surface area contributed by atoms with Crippen LogP contribution in [0.15, 0.2) is 16.7 Å². The lowest BCUT2D eigenvalue weighted by molar-refractivity contribution is 0.465. The second-order valence-corrected chi connectivity index (χ2v) is 5.89. The standard InChI is InChI=1S/C15H23N5O/c1-6-10-8-18-13(21-10)9-17-12-7-11(16-5)19-14(20-12)15(2,3)4/h7-8H,6,9H2,1-5H3,(H2,16,17,19,20). The van der Waals surface area contributed by atoms with E-state index in [4.69, 9.17) is 4.42 Å². The van der Waals surface area contributed by atoms with Gasteiger partial charge >= 0.3 is 0 Å². The zero-order chi connectivity index (χ0) is 15.5. The highest BCUT2D eigenvalue weighted by Gasteiger charge is 2.19. The Hall–Kier alpha value is -2.11. The molecule has 2 heterocycles. The van der Waals surface area contributed by atoms with Gasteiger partial charge in [0, 0.05) is 24.9 Å². The van der Waals surface area contributed by atoms with E-state index >= 15 is 0 Å². The molecule has 0 saturated heterocycles. The van der Waals surface area contributed by atoms with Crippen molar-refractivity contribution in [2.75, 3.05) is 17.7 Å². The van der Waals surface area contributed by atoms with Crippen molar-refractivity contribution in [3.63, 3.8) is 0 Å². The Morgan fingerprint density at radius 3 is 2.48 bits per heavy atom. The number of aromatic nitrogens is 3. The van der Waals surface area contributed by atoms with E-state index in [1.807, 2.05) is 20.0 Å². The first-order chi connectivity index (χ1) is 9.92. The molecule has 2 aromatic heterocycles. The van der Waals surface area contributed by atoms with Gasteiger partial charge in [0.2, 0.25) is 5.89 Å². The fraction of sp³-hybridized carbons (Fsp3) is 0.533.